The van der Waals surface area contributed by atoms with Crippen LogP contribution >= 0.6 is 0 Å². The first-order valence-electron chi connectivity index (χ1n) is 3.42. The van der Waals surface area contributed by atoms with E-state index >= 15 is 0 Å². The number of hydrogen-bond acceptors (Lipinski definition) is 3. The molecule has 0 aromatic carbocycles. The fourth-order valence-electron chi connectivity index (χ4n) is 0.877. The fraction of sp³-hybridized carbons (Fsp3) is 0.333. The van der Waals surface area contributed by atoms with Crippen LogP contribution in [0.2, 0.25) is 0 Å². The van der Waals surface area contributed by atoms with Crippen LogP contribution in [-0.4, -0.2) is 20.9 Å². The molecule has 1 heterocycles. The van der Waals surface area contributed by atoms with Gasteiger partial charge in [0, 0.05) is 6.20 Å². The summed E-state index contributed by atoms with van der Waals surface area (Å²) in [6.45, 7) is -0.653. The van der Waals surface area contributed by atoms with Crippen LogP contribution < -0.4 is 5.73 Å². The number of nitrogens with zero attached hydrogens (tertiary/aromatic N) is 2. The average Bonchev–Trinajstić information content (AvgIpc) is 2.27. The Bertz CT molecular complexity index is 358. The second kappa shape index (κ2) is 3.20. The lowest BCUT2D eigenvalue weighted by molar-refractivity contribution is -0.142. The van der Waals surface area contributed by atoms with Crippen molar-refractivity contribution in [2.45, 2.75) is 12.7 Å². The molecule has 0 saturated carbocycles. The van der Waals surface area contributed by atoms with Crippen LogP contribution in [-0.2, 0) is 17.5 Å². The van der Waals surface area contributed by atoms with E-state index in [0.29, 0.717) is 4.68 Å². The molecule has 0 radical (unpaired) electrons. The second-order valence-electron chi connectivity index (χ2n) is 2.52. The molecule has 0 fully saturated rings. The van der Waals surface area contributed by atoms with Gasteiger partial charge in [0.05, 0.1) is 5.69 Å². The van der Waals surface area contributed by atoms with Gasteiger partial charge in [-0.3, -0.25) is 9.48 Å². The van der Waals surface area contributed by atoms with Gasteiger partial charge in [0.1, 0.15) is 6.54 Å². The highest BCUT2D eigenvalue weighted by molar-refractivity contribution is 5.66. The Balaban J connectivity index is 2.99. The zero-order valence-electron chi connectivity index (χ0n) is 6.75. The predicted octanol–water partition coefficient (Wildman–Crippen LogP) is 0.569. The Morgan fingerprint density at radius 3 is 2.57 bits per heavy atom. The zero-order chi connectivity index (χ0) is 10.9. The van der Waals surface area contributed by atoms with E-state index < -0.39 is 30.1 Å². The molecule has 0 amide bonds. The molecule has 0 spiro atoms. The van der Waals surface area contributed by atoms with Gasteiger partial charge in [-0.15, -0.1) is 0 Å². The number of hydrogen-bond donors (Lipinski definition) is 2. The summed E-state index contributed by atoms with van der Waals surface area (Å²) in [5.41, 5.74) is 3.16. The molecule has 0 atom stereocenters. The van der Waals surface area contributed by atoms with E-state index in [1.807, 2.05) is 0 Å². The third kappa shape index (κ3) is 2.15. The molecular weight excluding hydrogens is 203 g/mol. The largest absolute Gasteiger partial charge is 0.480 e. The van der Waals surface area contributed by atoms with Crippen molar-refractivity contribution in [2.75, 3.05) is 5.73 Å². The van der Waals surface area contributed by atoms with Crippen molar-refractivity contribution in [3.8, 4) is 0 Å². The highest BCUT2D eigenvalue weighted by Crippen LogP contribution is 2.31. The second-order valence-corrected chi connectivity index (χ2v) is 2.52. The maximum atomic E-state index is 12.1. The van der Waals surface area contributed by atoms with E-state index in [1.165, 1.54) is 0 Å². The Morgan fingerprint density at radius 2 is 2.21 bits per heavy atom. The summed E-state index contributed by atoms with van der Waals surface area (Å²) in [5, 5.41) is 11.3. The van der Waals surface area contributed by atoms with Gasteiger partial charge in [-0.25, -0.2) is 0 Å². The Morgan fingerprint density at radius 1 is 1.64 bits per heavy atom. The molecule has 78 valence electrons. The van der Waals surface area contributed by atoms with E-state index in [2.05, 4.69) is 5.10 Å². The molecular formula is C6H6F3N3O2. The summed E-state index contributed by atoms with van der Waals surface area (Å²) in [4.78, 5) is 10.2. The minimum Gasteiger partial charge on any atom is -0.480 e. The first-order valence-corrected chi connectivity index (χ1v) is 3.42. The average molecular weight is 209 g/mol. The van der Waals surface area contributed by atoms with Gasteiger partial charge < -0.3 is 10.8 Å². The predicted molar refractivity (Wildman–Crippen MR) is 39.3 cm³/mol. The van der Waals surface area contributed by atoms with E-state index in [4.69, 9.17) is 10.8 Å². The molecule has 0 aliphatic rings. The normalized spacial score (nSPS) is 11.6. The number of anilines is 1. The summed E-state index contributed by atoms with van der Waals surface area (Å²) in [6, 6.07) is 0. The number of aliphatic carboxylic acids is 1. The molecule has 0 saturated heterocycles. The Kier molecular flexibility index (Phi) is 2.37. The van der Waals surface area contributed by atoms with Crippen molar-refractivity contribution in [1.82, 2.24) is 9.78 Å². The van der Waals surface area contributed by atoms with E-state index in [-0.39, 0.29) is 0 Å². The number of aromatic nitrogens is 2. The molecule has 0 unspecified atom stereocenters. The number of carbonyl (C=O) groups is 1. The van der Waals surface area contributed by atoms with E-state index in [0.717, 1.165) is 6.20 Å². The smallest absolute Gasteiger partial charge is 0.437 e. The highest BCUT2D eigenvalue weighted by atomic mass is 19.4. The maximum absolute atomic E-state index is 12.1. The summed E-state index contributed by atoms with van der Waals surface area (Å²) >= 11 is 0. The van der Waals surface area contributed by atoms with Gasteiger partial charge in [0.25, 0.3) is 0 Å². The number of carboxylic acid groups (broad SMARTS) is 1. The number of rotatable bonds is 2. The minimum absolute atomic E-state index is 0.584. The topological polar surface area (TPSA) is 81.1 Å². The molecule has 1 rings (SSSR count). The first kappa shape index (κ1) is 10.4. The third-order valence-electron chi connectivity index (χ3n) is 1.36. The van der Waals surface area contributed by atoms with Gasteiger partial charge in [0.15, 0.2) is 5.69 Å². The SMILES string of the molecule is Nc1cn(CC(=O)O)nc1C(F)(F)F. The van der Waals surface area contributed by atoms with E-state index in [1.54, 1.807) is 0 Å². The summed E-state index contributed by atoms with van der Waals surface area (Å²) in [6.07, 6.45) is -3.83. The molecule has 14 heavy (non-hydrogen) atoms. The molecule has 8 heteroatoms. The number of carboxylic acids is 1. The van der Waals surface area contributed by atoms with Crippen LogP contribution in [0.5, 0.6) is 0 Å². The number of nitrogen functional groups attached to an aromatic ring is 1. The molecule has 1 aromatic heterocycles. The van der Waals surface area contributed by atoms with Gasteiger partial charge in [0.2, 0.25) is 0 Å². The number of nitrogens with two attached hydrogens (primary N) is 1. The quantitative estimate of drug-likeness (QED) is 0.745. The highest BCUT2D eigenvalue weighted by Gasteiger charge is 2.36. The van der Waals surface area contributed by atoms with Crippen LogP contribution in [0.1, 0.15) is 5.69 Å². The van der Waals surface area contributed by atoms with Crippen molar-refractivity contribution >= 4 is 11.7 Å². The van der Waals surface area contributed by atoms with E-state index in [9.17, 15) is 18.0 Å². The monoisotopic (exact) mass is 209 g/mol. The lowest BCUT2D eigenvalue weighted by atomic mass is 10.4. The third-order valence-corrected chi connectivity index (χ3v) is 1.36. The van der Waals surface area contributed by atoms with Crippen molar-refractivity contribution < 1.29 is 23.1 Å². The standard InChI is InChI=1S/C6H6F3N3O2/c7-6(8,9)5-3(10)1-12(11-5)2-4(13)14/h1H,2,10H2,(H,13,14). The number of halogens is 3. The lowest BCUT2D eigenvalue weighted by Gasteiger charge is -2.01. The minimum atomic E-state index is -4.66. The van der Waals surface area contributed by atoms with Gasteiger partial charge >= 0.3 is 12.1 Å². The first-order chi connectivity index (χ1) is 6.30. The molecule has 5 nitrogen and oxygen atoms in total. The van der Waals surface area contributed by atoms with Crippen LogP contribution in [0.3, 0.4) is 0 Å². The van der Waals surface area contributed by atoms with Gasteiger partial charge in [-0.05, 0) is 0 Å². The van der Waals surface area contributed by atoms with Crippen molar-refractivity contribution in [3.05, 3.63) is 11.9 Å². The van der Waals surface area contributed by atoms with Crippen LogP contribution in [0.4, 0.5) is 18.9 Å². The lowest BCUT2D eigenvalue weighted by Crippen LogP contribution is -2.12. The molecule has 3 N–H and O–H groups in total. The molecule has 1 aromatic rings. The van der Waals surface area contributed by atoms with Crippen LogP contribution in [0, 0.1) is 0 Å². The van der Waals surface area contributed by atoms with Crippen molar-refractivity contribution in [1.29, 1.82) is 0 Å². The zero-order valence-corrected chi connectivity index (χ0v) is 6.75. The maximum Gasteiger partial charge on any atom is 0.437 e. The molecule has 0 aliphatic carbocycles. The Labute approximate surface area is 75.9 Å². The Hall–Kier alpha value is -1.73. The van der Waals surface area contributed by atoms with Crippen molar-refractivity contribution in [3.63, 3.8) is 0 Å². The van der Waals surface area contributed by atoms with Gasteiger partial charge in [-0.2, -0.15) is 18.3 Å². The molecule has 0 bridgehead atoms. The van der Waals surface area contributed by atoms with Crippen molar-refractivity contribution in [2.24, 2.45) is 0 Å². The number of alkyl halides is 3. The summed E-state index contributed by atoms with van der Waals surface area (Å²) < 4.78 is 36.9. The van der Waals surface area contributed by atoms with Crippen LogP contribution in [0.15, 0.2) is 6.20 Å². The molecule has 0 aliphatic heterocycles. The summed E-state index contributed by atoms with van der Waals surface area (Å²) in [5.74, 6) is -1.29. The van der Waals surface area contributed by atoms with Crippen LogP contribution in [0.25, 0.3) is 0 Å². The summed E-state index contributed by atoms with van der Waals surface area (Å²) in [7, 11) is 0. The van der Waals surface area contributed by atoms with Gasteiger partial charge in [-0.1, -0.05) is 0 Å². The fourth-order valence-corrected chi connectivity index (χ4v) is 0.877.